The van der Waals surface area contributed by atoms with Gasteiger partial charge < -0.3 is 5.32 Å². The highest BCUT2D eigenvalue weighted by molar-refractivity contribution is 7.92. The van der Waals surface area contributed by atoms with Gasteiger partial charge in [0.15, 0.2) is 9.84 Å². The lowest BCUT2D eigenvalue weighted by Gasteiger charge is -2.24. The third-order valence-electron chi connectivity index (χ3n) is 5.59. The van der Waals surface area contributed by atoms with Crippen molar-refractivity contribution in [2.45, 2.75) is 62.5 Å². The Hall–Kier alpha value is -1.65. The van der Waals surface area contributed by atoms with Gasteiger partial charge in [0.2, 0.25) is 0 Å². The average molecular weight is 386 g/mol. The molecular weight excluding hydrogens is 354 g/mol. The van der Waals surface area contributed by atoms with Crippen LogP contribution in [0.4, 0.5) is 0 Å². The van der Waals surface area contributed by atoms with Gasteiger partial charge in [0.25, 0.3) is 0 Å². The largest absolute Gasteiger partial charge is 0.317 e. The second-order valence-corrected chi connectivity index (χ2v) is 10.4. The van der Waals surface area contributed by atoms with Gasteiger partial charge in [0.1, 0.15) is 0 Å². The Morgan fingerprint density at radius 3 is 1.96 bits per heavy atom. The fourth-order valence-corrected chi connectivity index (χ4v) is 5.71. The first kappa shape index (κ1) is 20.1. The van der Waals surface area contributed by atoms with E-state index in [9.17, 15) is 8.42 Å². The summed E-state index contributed by atoms with van der Waals surface area (Å²) in [7, 11) is -3.36. The van der Waals surface area contributed by atoms with E-state index in [2.05, 4.69) is 63.3 Å². The molecule has 1 fully saturated rings. The molecular formula is C23H31NO2S. The van der Waals surface area contributed by atoms with Gasteiger partial charge in [-0.2, -0.15) is 0 Å². The van der Waals surface area contributed by atoms with Crippen molar-refractivity contribution in [3.8, 4) is 11.1 Å². The normalized spacial score (nSPS) is 16.2. The molecule has 146 valence electrons. The molecule has 0 aliphatic carbocycles. The molecule has 0 unspecified atom stereocenters. The van der Waals surface area contributed by atoms with Gasteiger partial charge in [-0.05, 0) is 60.5 Å². The first-order chi connectivity index (χ1) is 12.8. The number of piperidine rings is 1. The first-order valence-electron chi connectivity index (χ1n) is 9.99. The Balaban J connectivity index is 2.11. The van der Waals surface area contributed by atoms with Crippen molar-refractivity contribution in [1.29, 1.82) is 0 Å². The lowest BCUT2D eigenvalue weighted by Crippen LogP contribution is -2.36. The second kappa shape index (κ2) is 8.15. The SMILES string of the molecule is CC(C)c1ccc(-c2ccc(C(C)C)cc2S(=O)(=O)C2CCNCC2)cc1. The van der Waals surface area contributed by atoms with Gasteiger partial charge in [0, 0.05) is 5.56 Å². The van der Waals surface area contributed by atoms with Crippen molar-refractivity contribution < 1.29 is 8.42 Å². The van der Waals surface area contributed by atoms with Gasteiger partial charge in [0.05, 0.1) is 10.1 Å². The van der Waals surface area contributed by atoms with E-state index in [1.165, 1.54) is 5.56 Å². The van der Waals surface area contributed by atoms with E-state index in [1.807, 2.05) is 12.1 Å². The van der Waals surface area contributed by atoms with E-state index in [-0.39, 0.29) is 5.25 Å². The van der Waals surface area contributed by atoms with E-state index in [0.717, 1.165) is 29.8 Å². The summed E-state index contributed by atoms with van der Waals surface area (Å²) < 4.78 is 27.0. The molecule has 0 spiro atoms. The Morgan fingerprint density at radius 1 is 0.852 bits per heavy atom. The van der Waals surface area contributed by atoms with Gasteiger partial charge in [-0.3, -0.25) is 0 Å². The molecule has 1 aliphatic rings. The molecule has 1 N–H and O–H groups in total. The molecule has 0 atom stereocenters. The highest BCUT2D eigenvalue weighted by Crippen LogP contribution is 2.35. The van der Waals surface area contributed by atoms with Gasteiger partial charge >= 0.3 is 0 Å². The predicted molar refractivity (Wildman–Crippen MR) is 113 cm³/mol. The molecule has 1 aliphatic heterocycles. The van der Waals surface area contributed by atoms with Crippen LogP contribution < -0.4 is 5.32 Å². The summed E-state index contributed by atoms with van der Waals surface area (Å²) in [4.78, 5) is 0.498. The number of benzene rings is 2. The maximum atomic E-state index is 13.5. The van der Waals surface area contributed by atoms with Crippen molar-refractivity contribution in [3.05, 3.63) is 53.6 Å². The summed E-state index contributed by atoms with van der Waals surface area (Å²) in [6.07, 6.45) is 1.36. The zero-order chi connectivity index (χ0) is 19.6. The van der Waals surface area contributed by atoms with Crippen molar-refractivity contribution in [2.75, 3.05) is 13.1 Å². The molecule has 2 aromatic rings. The molecule has 0 bridgehead atoms. The van der Waals surface area contributed by atoms with E-state index < -0.39 is 9.84 Å². The molecule has 1 saturated heterocycles. The van der Waals surface area contributed by atoms with Crippen LogP contribution in [-0.4, -0.2) is 26.8 Å². The summed E-state index contributed by atoms with van der Waals surface area (Å²) in [6.45, 7) is 10.1. The molecule has 3 rings (SSSR count). The molecule has 4 heteroatoms. The molecule has 2 aromatic carbocycles. The minimum atomic E-state index is -3.36. The number of hydrogen-bond acceptors (Lipinski definition) is 3. The summed E-state index contributed by atoms with van der Waals surface area (Å²) in [5, 5.41) is 2.97. The summed E-state index contributed by atoms with van der Waals surface area (Å²) in [6, 6.07) is 14.3. The van der Waals surface area contributed by atoms with E-state index in [4.69, 9.17) is 0 Å². The third-order valence-corrected chi connectivity index (χ3v) is 7.89. The second-order valence-electron chi connectivity index (χ2n) is 8.18. The summed E-state index contributed by atoms with van der Waals surface area (Å²) >= 11 is 0. The van der Waals surface area contributed by atoms with E-state index >= 15 is 0 Å². The number of nitrogens with one attached hydrogen (secondary N) is 1. The Bertz CT molecular complexity index is 877. The van der Waals surface area contributed by atoms with Crippen molar-refractivity contribution in [2.24, 2.45) is 0 Å². The standard InChI is InChI=1S/C23H31NO2S/c1-16(2)18-5-7-19(8-6-18)22-10-9-20(17(3)4)15-23(22)27(25,26)21-11-13-24-14-12-21/h5-10,15-17,21,24H,11-14H2,1-4H3. The summed E-state index contributed by atoms with van der Waals surface area (Å²) in [5.41, 5.74) is 4.14. The quantitative estimate of drug-likeness (QED) is 0.776. The lowest BCUT2D eigenvalue weighted by molar-refractivity contribution is 0.496. The van der Waals surface area contributed by atoms with Crippen LogP contribution in [0.5, 0.6) is 0 Å². The Kier molecular flexibility index (Phi) is 6.07. The molecule has 0 amide bonds. The van der Waals surface area contributed by atoms with Crippen molar-refractivity contribution in [3.63, 3.8) is 0 Å². The van der Waals surface area contributed by atoms with Crippen LogP contribution in [0.25, 0.3) is 11.1 Å². The van der Waals surface area contributed by atoms with Crippen LogP contribution in [-0.2, 0) is 9.84 Å². The number of rotatable bonds is 5. The van der Waals surface area contributed by atoms with Crippen molar-refractivity contribution >= 4 is 9.84 Å². The van der Waals surface area contributed by atoms with Crippen LogP contribution >= 0.6 is 0 Å². The molecule has 0 saturated carbocycles. The monoisotopic (exact) mass is 385 g/mol. The van der Waals surface area contributed by atoms with Crippen LogP contribution in [0, 0.1) is 0 Å². The predicted octanol–water partition coefficient (Wildman–Crippen LogP) is 5.13. The summed E-state index contributed by atoms with van der Waals surface area (Å²) in [5.74, 6) is 0.754. The van der Waals surface area contributed by atoms with Gasteiger partial charge in [-0.1, -0.05) is 64.1 Å². The smallest absolute Gasteiger partial charge is 0.181 e. The zero-order valence-corrected chi connectivity index (χ0v) is 17.6. The van der Waals surface area contributed by atoms with Crippen LogP contribution in [0.2, 0.25) is 0 Å². The van der Waals surface area contributed by atoms with E-state index in [1.54, 1.807) is 0 Å². The molecule has 0 aromatic heterocycles. The zero-order valence-electron chi connectivity index (χ0n) is 16.8. The van der Waals surface area contributed by atoms with E-state index in [0.29, 0.717) is 29.6 Å². The fraction of sp³-hybridized carbons (Fsp3) is 0.478. The molecule has 0 radical (unpaired) electrons. The van der Waals surface area contributed by atoms with Gasteiger partial charge in [-0.25, -0.2) is 8.42 Å². The van der Waals surface area contributed by atoms with Crippen LogP contribution in [0.1, 0.15) is 63.5 Å². The maximum absolute atomic E-state index is 13.5. The average Bonchev–Trinajstić information content (AvgIpc) is 2.68. The highest BCUT2D eigenvalue weighted by atomic mass is 32.2. The Labute approximate surface area is 164 Å². The first-order valence-corrected chi connectivity index (χ1v) is 11.5. The Morgan fingerprint density at radius 2 is 1.41 bits per heavy atom. The highest BCUT2D eigenvalue weighted by Gasteiger charge is 2.31. The number of hydrogen-bond donors (Lipinski definition) is 1. The topological polar surface area (TPSA) is 46.2 Å². The lowest BCUT2D eigenvalue weighted by atomic mass is 9.96. The van der Waals surface area contributed by atoms with Crippen molar-refractivity contribution in [1.82, 2.24) is 5.32 Å². The van der Waals surface area contributed by atoms with Crippen LogP contribution in [0.15, 0.2) is 47.4 Å². The fourth-order valence-electron chi connectivity index (χ4n) is 3.70. The number of sulfone groups is 1. The minimum Gasteiger partial charge on any atom is -0.317 e. The van der Waals surface area contributed by atoms with Crippen LogP contribution in [0.3, 0.4) is 0 Å². The molecule has 3 nitrogen and oxygen atoms in total. The van der Waals surface area contributed by atoms with Gasteiger partial charge in [-0.15, -0.1) is 0 Å². The molecule has 27 heavy (non-hydrogen) atoms. The maximum Gasteiger partial charge on any atom is 0.181 e. The third kappa shape index (κ3) is 4.27. The minimum absolute atomic E-state index is 0.296. The molecule has 1 heterocycles.